The van der Waals surface area contributed by atoms with Gasteiger partial charge in [0.1, 0.15) is 23.6 Å². The molecule has 1 aliphatic rings. The molecule has 2 atom stereocenters. The average Bonchev–Trinajstić information content (AvgIpc) is 2.88. The molecular weight excluding hydrogens is 552 g/mol. The molecule has 1 amide bonds. The molecule has 0 unspecified atom stereocenters. The van der Waals surface area contributed by atoms with Gasteiger partial charge in [-0.15, -0.1) is 0 Å². The second-order valence-corrected chi connectivity index (χ2v) is 11.0. The highest BCUT2D eigenvalue weighted by molar-refractivity contribution is 8.16. The van der Waals surface area contributed by atoms with Gasteiger partial charge in [-0.3, -0.25) is 24.6 Å². The van der Waals surface area contributed by atoms with Crippen LogP contribution in [0, 0.1) is 21.4 Å². The van der Waals surface area contributed by atoms with Crippen molar-refractivity contribution < 1.29 is 39.0 Å². The van der Waals surface area contributed by atoms with Gasteiger partial charge in [0.2, 0.25) is 11.0 Å². The first-order chi connectivity index (χ1) is 18.3. The summed E-state index contributed by atoms with van der Waals surface area (Å²) in [6.07, 6.45) is 0.0609. The van der Waals surface area contributed by atoms with Gasteiger partial charge in [0.15, 0.2) is 10.8 Å². The Morgan fingerprint density at radius 2 is 1.85 bits per heavy atom. The molecule has 2 aromatic carbocycles. The smallest absolute Gasteiger partial charge is 0.359 e. The van der Waals surface area contributed by atoms with E-state index in [9.17, 15) is 34.7 Å². The first-order valence-corrected chi connectivity index (χ1v) is 13.0. The number of alkyl halides is 1. The molecule has 208 valence electrons. The SMILES string of the molecule is CC(C)(C)C(=O)SC(Oc1cccc(O)c1)=C(C(=O)OCc1ccc([N+](=O)[O-])cc1)N1C(=O)[C@H](CCO)[C@@H]1Cl. The van der Waals surface area contributed by atoms with Crippen LogP contribution in [0.25, 0.3) is 0 Å². The van der Waals surface area contributed by atoms with Crippen LogP contribution in [0.4, 0.5) is 5.69 Å². The number of benzene rings is 2. The number of hydrogen-bond acceptors (Lipinski definition) is 10. The number of nitrogens with zero attached hydrogens (tertiary/aromatic N) is 2. The Morgan fingerprint density at radius 1 is 1.18 bits per heavy atom. The van der Waals surface area contributed by atoms with E-state index in [-0.39, 0.29) is 41.9 Å². The zero-order chi connectivity index (χ0) is 28.9. The Bertz CT molecular complexity index is 1290. The summed E-state index contributed by atoms with van der Waals surface area (Å²) in [6, 6.07) is 10.9. The largest absolute Gasteiger partial charge is 0.508 e. The quantitative estimate of drug-likeness (QED) is 0.0608. The van der Waals surface area contributed by atoms with Crippen molar-refractivity contribution >= 4 is 46.0 Å². The summed E-state index contributed by atoms with van der Waals surface area (Å²) in [6.45, 7) is 4.37. The van der Waals surface area contributed by atoms with Gasteiger partial charge in [0, 0.05) is 30.2 Å². The standard InChI is InChI=1S/C26H27ClN2O9S/c1-26(2,3)25(34)39-24(38-18-6-4-5-17(31)13-18)20(28-21(27)19(11-12-30)22(28)32)23(33)37-14-15-7-9-16(10-8-15)29(35)36/h4-10,13,19,21,30-31H,11-12,14H2,1-3H3/t19-,21-/m1/s1. The molecule has 3 rings (SSSR count). The number of thioether (sulfide) groups is 1. The number of rotatable bonds is 10. The van der Waals surface area contributed by atoms with Crippen LogP contribution in [0.2, 0.25) is 0 Å². The molecule has 0 saturated carbocycles. The maximum absolute atomic E-state index is 13.5. The number of phenolic OH excluding ortho intramolecular Hbond substituents is 1. The first kappa shape index (κ1) is 29.9. The number of carbonyl (C=O) groups is 3. The Balaban J connectivity index is 2.03. The van der Waals surface area contributed by atoms with Crippen molar-refractivity contribution in [1.29, 1.82) is 0 Å². The van der Waals surface area contributed by atoms with Crippen LogP contribution in [0.3, 0.4) is 0 Å². The topological polar surface area (TPSA) is 157 Å². The van der Waals surface area contributed by atoms with E-state index in [4.69, 9.17) is 21.1 Å². The molecule has 0 spiro atoms. The molecule has 0 bridgehead atoms. The van der Waals surface area contributed by atoms with E-state index < -0.39 is 44.4 Å². The number of carbonyl (C=O) groups excluding carboxylic acids is 3. The highest BCUT2D eigenvalue weighted by atomic mass is 35.5. The number of aliphatic hydroxyl groups excluding tert-OH is 1. The van der Waals surface area contributed by atoms with Crippen LogP contribution in [0.15, 0.2) is 59.3 Å². The summed E-state index contributed by atoms with van der Waals surface area (Å²) in [7, 11) is 0. The predicted molar refractivity (Wildman–Crippen MR) is 142 cm³/mol. The lowest BCUT2D eigenvalue weighted by molar-refractivity contribution is -0.384. The third-order valence-electron chi connectivity index (χ3n) is 5.54. The number of aromatic hydroxyl groups is 1. The third kappa shape index (κ3) is 7.28. The van der Waals surface area contributed by atoms with Gasteiger partial charge in [0.25, 0.3) is 5.69 Å². The van der Waals surface area contributed by atoms with Gasteiger partial charge in [0.05, 0.1) is 10.8 Å². The molecule has 1 aliphatic heterocycles. The zero-order valence-corrected chi connectivity index (χ0v) is 22.9. The summed E-state index contributed by atoms with van der Waals surface area (Å²) >= 11 is 7.03. The number of aliphatic hydroxyl groups is 1. The number of amides is 1. The number of ether oxygens (including phenoxy) is 2. The lowest BCUT2D eigenvalue weighted by Gasteiger charge is -2.43. The number of phenols is 1. The van der Waals surface area contributed by atoms with Crippen LogP contribution in [0.1, 0.15) is 32.8 Å². The predicted octanol–water partition coefficient (Wildman–Crippen LogP) is 4.30. The lowest BCUT2D eigenvalue weighted by atomic mass is 9.94. The minimum Gasteiger partial charge on any atom is -0.508 e. The monoisotopic (exact) mass is 578 g/mol. The van der Waals surface area contributed by atoms with Gasteiger partial charge in [-0.25, -0.2) is 4.79 Å². The van der Waals surface area contributed by atoms with Crippen LogP contribution in [-0.4, -0.2) is 49.1 Å². The van der Waals surface area contributed by atoms with Crippen LogP contribution in [0.5, 0.6) is 11.5 Å². The molecule has 13 heteroatoms. The number of halogens is 1. The van der Waals surface area contributed by atoms with Crippen molar-refractivity contribution in [1.82, 2.24) is 4.90 Å². The number of hydrogen-bond donors (Lipinski definition) is 2. The zero-order valence-electron chi connectivity index (χ0n) is 21.3. The fourth-order valence-corrected chi connectivity index (χ4v) is 4.69. The maximum atomic E-state index is 13.5. The lowest BCUT2D eigenvalue weighted by Crippen LogP contribution is -2.59. The summed E-state index contributed by atoms with van der Waals surface area (Å²) in [4.78, 5) is 50.8. The van der Waals surface area contributed by atoms with Crippen molar-refractivity contribution in [2.45, 2.75) is 39.3 Å². The number of likely N-dealkylation sites (tertiary alicyclic amines) is 1. The molecule has 1 heterocycles. The summed E-state index contributed by atoms with van der Waals surface area (Å²) in [5.41, 5.74) is -2.06. The average molecular weight is 579 g/mol. The van der Waals surface area contributed by atoms with E-state index in [0.29, 0.717) is 17.3 Å². The Kier molecular flexibility index (Phi) is 9.59. The normalized spacial score (nSPS) is 17.7. The highest BCUT2D eigenvalue weighted by Gasteiger charge is 2.51. The van der Waals surface area contributed by atoms with E-state index in [1.165, 1.54) is 48.5 Å². The number of β-lactam (4-membered cyclic amide) rings is 1. The van der Waals surface area contributed by atoms with Crippen molar-refractivity contribution in [3.63, 3.8) is 0 Å². The Hall–Kier alpha value is -3.61. The minimum absolute atomic E-state index is 0.0609. The van der Waals surface area contributed by atoms with E-state index in [1.807, 2.05) is 0 Å². The van der Waals surface area contributed by atoms with Crippen LogP contribution < -0.4 is 4.74 Å². The molecule has 1 saturated heterocycles. The number of non-ortho nitro benzene ring substituents is 1. The second-order valence-electron chi connectivity index (χ2n) is 9.57. The van der Waals surface area contributed by atoms with E-state index in [2.05, 4.69) is 0 Å². The molecule has 0 radical (unpaired) electrons. The number of esters is 1. The number of nitro benzene ring substituents is 1. The summed E-state index contributed by atoms with van der Waals surface area (Å²) in [5, 5.41) is 29.4. The Labute approximate surface area is 233 Å². The molecule has 0 aliphatic carbocycles. The van der Waals surface area contributed by atoms with Crippen molar-refractivity contribution in [2.24, 2.45) is 11.3 Å². The van der Waals surface area contributed by atoms with E-state index in [0.717, 1.165) is 4.90 Å². The fraction of sp³-hybridized carbons (Fsp3) is 0.346. The van der Waals surface area contributed by atoms with E-state index >= 15 is 0 Å². The molecule has 0 aromatic heterocycles. The fourth-order valence-electron chi connectivity index (χ4n) is 3.37. The van der Waals surface area contributed by atoms with Gasteiger partial charge in [-0.2, -0.15) is 0 Å². The molecule has 2 aromatic rings. The highest BCUT2D eigenvalue weighted by Crippen LogP contribution is 2.41. The minimum atomic E-state index is -1.04. The molecule has 2 N–H and O–H groups in total. The first-order valence-electron chi connectivity index (χ1n) is 11.8. The van der Waals surface area contributed by atoms with Gasteiger partial charge >= 0.3 is 5.97 Å². The van der Waals surface area contributed by atoms with Gasteiger partial charge < -0.3 is 19.7 Å². The number of nitro groups is 1. The van der Waals surface area contributed by atoms with Gasteiger partial charge in [-0.05, 0) is 48.0 Å². The second kappa shape index (κ2) is 12.5. The molecular formula is C26H27ClN2O9S. The third-order valence-corrected chi connectivity index (χ3v) is 7.30. The molecule has 39 heavy (non-hydrogen) atoms. The van der Waals surface area contributed by atoms with Crippen molar-refractivity contribution in [2.75, 3.05) is 6.61 Å². The van der Waals surface area contributed by atoms with Crippen LogP contribution in [-0.2, 0) is 25.7 Å². The van der Waals surface area contributed by atoms with Crippen LogP contribution >= 0.6 is 23.4 Å². The molecule has 1 fully saturated rings. The summed E-state index contributed by atoms with van der Waals surface area (Å²) in [5.74, 6) is -2.46. The maximum Gasteiger partial charge on any atom is 0.359 e. The Morgan fingerprint density at radius 3 is 2.38 bits per heavy atom. The van der Waals surface area contributed by atoms with Crippen molar-refractivity contribution in [3.8, 4) is 11.5 Å². The van der Waals surface area contributed by atoms with E-state index in [1.54, 1.807) is 20.8 Å². The van der Waals surface area contributed by atoms with Crippen molar-refractivity contribution in [3.05, 3.63) is 75.0 Å². The summed E-state index contributed by atoms with van der Waals surface area (Å²) < 4.78 is 11.3. The molecule has 11 nitrogen and oxygen atoms in total. The van der Waals surface area contributed by atoms with Gasteiger partial charge in [-0.1, -0.05) is 38.4 Å².